The summed E-state index contributed by atoms with van der Waals surface area (Å²) >= 11 is 0. The molecule has 0 heterocycles. The monoisotopic (exact) mass is 417 g/mol. The van der Waals surface area contributed by atoms with Crippen molar-refractivity contribution in [2.75, 3.05) is 0 Å². The van der Waals surface area contributed by atoms with Crippen LogP contribution in [0.25, 0.3) is 0 Å². The maximum atomic E-state index is 11.1. The van der Waals surface area contributed by atoms with Crippen molar-refractivity contribution in [2.45, 2.75) is 46.4 Å². The Kier molecular flexibility index (Phi) is 7.71. The molecule has 0 aliphatic rings. The highest BCUT2D eigenvalue weighted by Crippen LogP contribution is 2.32. The van der Waals surface area contributed by atoms with Crippen molar-refractivity contribution in [1.29, 1.82) is 0 Å². The lowest BCUT2D eigenvalue weighted by Gasteiger charge is -2.30. The first-order chi connectivity index (χ1) is 15.0. The molecule has 1 unspecified atom stereocenters. The molecule has 0 saturated heterocycles. The second-order valence-corrected chi connectivity index (χ2v) is 8.74. The van der Waals surface area contributed by atoms with Crippen LogP contribution in [0.4, 0.5) is 0 Å². The Labute approximate surface area is 185 Å². The second kappa shape index (κ2) is 10.7. The molecule has 0 aliphatic carbocycles. The van der Waals surface area contributed by atoms with Gasteiger partial charge in [0.05, 0.1) is 0 Å². The molecule has 3 rings (SSSR count). The minimum absolute atomic E-state index is 0.0167. The Hall–Kier alpha value is -3.27. The summed E-state index contributed by atoms with van der Waals surface area (Å²) in [7, 11) is 0. The third-order valence-electron chi connectivity index (χ3n) is 5.24. The van der Waals surface area contributed by atoms with Gasteiger partial charge in [-0.1, -0.05) is 87.5 Å². The third-order valence-corrected chi connectivity index (χ3v) is 5.24. The van der Waals surface area contributed by atoms with Gasteiger partial charge in [0.2, 0.25) is 6.41 Å². The van der Waals surface area contributed by atoms with E-state index in [1.165, 1.54) is 0 Å². The smallest absolute Gasteiger partial charge is 0.207 e. The molecule has 3 aromatic carbocycles. The van der Waals surface area contributed by atoms with Gasteiger partial charge in [0, 0.05) is 6.04 Å². The highest BCUT2D eigenvalue weighted by atomic mass is 16.5. The first-order valence-corrected chi connectivity index (χ1v) is 10.6. The number of nitrogens with one attached hydrogen (secondary N) is 1. The van der Waals surface area contributed by atoms with Crippen molar-refractivity contribution in [3.8, 4) is 11.5 Å². The highest BCUT2D eigenvalue weighted by Gasteiger charge is 2.24. The maximum absolute atomic E-state index is 11.1. The Morgan fingerprint density at radius 1 is 0.774 bits per heavy atom. The summed E-state index contributed by atoms with van der Waals surface area (Å²) in [5, 5.41) is 2.96. The van der Waals surface area contributed by atoms with Crippen LogP contribution in [0.5, 0.6) is 11.5 Å². The van der Waals surface area contributed by atoms with Gasteiger partial charge in [-0.25, -0.2) is 0 Å². The summed E-state index contributed by atoms with van der Waals surface area (Å²) in [6, 6.07) is 26.2. The molecule has 0 radical (unpaired) electrons. The van der Waals surface area contributed by atoms with Gasteiger partial charge in [0.25, 0.3) is 0 Å². The maximum Gasteiger partial charge on any atom is 0.207 e. The predicted octanol–water partition coefficient (Wildman–Crippen LogP) is 5.55. The Morgan fingerprint density at radius 3 is 1.84 bits per heavy atom. The first kappa shape index (κ1) is 22.4. The Balaban J connectivity index is 1.80. The van der Waals surface area contributed by atoms with Crippen LogP contribution in [0, 0.1) is 5.41 Å². The lowest BCUT2D eigenvalue weighted by Crippen LogP contribution is -2.41. The van der Waals surface area contributed by atoms with Gasteiger partial charge in [0.1, 0.15) is 13.2 Å². The van der Waals surface area contributed by atoms with E-state index in [2.05, 4.69) is 26.1 Å². The standard InChI is InChI=1S/C27H31NO3/c1-27(2,3)26(28-20-29)17-23-14-15-24(30-18-21-10-6-4-7-11-21)25(16-23)31-19-22-12-8-5-9-13-22/h4-16,20,26H,17-19H2,1-3H3,(H,28,29). The summed E-state index contributed by atoms with van der Waals surface area (Å²) in [6.07, 6.45) is 1.49. The molecule has 0 aromatic heterocycles. The largest absolute Gasteiger partial charge is 0.485 e. The average molecular weight is 418 g/mol. The molecule has 1 N–H and O–H groups in total. The molecule has 4 heteroatoms. The van der Waals surface area contributed by atoms with Crippen LogP contribution < -0.4 is 14.8 Å². The minimum Gasteiger partial charge on any atom is -0.485 e. The molecule has 31 heavy (non-hydrogen) atoms. The molecule has 0 saturated carbocycles. The molecule has 4 nitrogen and oxygen atoms in total. The second-order valence-electron chi connectivity index (χ2n) is 8.74. The van der Waals surface area contributed by atoms with Crippen molar-refractivity contribution in [3.05, 3.63) is 95.6 Å². The molecular formula is C27H31NO3. The number of carbonyl (C=O) groups is 1. The molecule has 162 valence electrons. The van der Waals surface area contributed by atoms with E-state index in [4.69, 9.17) is 9.47 Å². The first-order valence-electron chi connectivity index (χ1n) is 10.6. The number of amides is 1. The fraction of sp³-hybridized carbons (Fsp3) is 0.296. The molecule has 0 spiro atoms. The Morgan fingerprint density at radius 2 is 1.32 bits per heavy atom. The van der Waals surface area contributed by atoms with Crippen LogP contribution in [0.1, 0.15) is 37.5 Å². The summed E-state index contributed by atoms with van der Waals surface area (Å²) < 4.78 is 12.3. The number of hydrogen-bond acceptors (Lipinski definition) is 3. The fourth-order valence-corrected chi connectivity index (χ4v) is 3.32. The molecular weight excluding hydrogens is 386 g/mol. The molecule has 3 aromatic rings. The average Bonchev–Trinajstić information content (AvgIpc) is 2.77. The topological polar surface area (TPSA) is 47.6 Å². The normalized spacial score (nSPS) is 12.1. The fourth-order valence-electron chi connectivity index (χ4n) is 3.32. The van der Waals surface area contributed by atoms with Crippen LogP contribution in [0.3, 0.4) is 0 Å². The molecule has 0 fully saturated rings. The van der Waals surface area contributed by atoms with E-state index in [0.29, 0.717) is 31.1 Å². The quantitative estimate of drug-likeness (QED) is 0.440. The van der Waals surface area contributed by atoms with Crippen LogP contribution in [0.2, 0.25) is 0 Å². The number of rotatable bonds is 10. The zero-order chi connectivity index (χ0) is 22.1. The lowest BCUT2D eigenvalue weighted by molar-refractivity contribution is -0.110. The van der Waals surface area contributed by atoms with Gasteiger partial charge in [-0.15, -0.1) is 0 Å². The number of hydrogen-bond donors (Lipinski definition) is 1. The zero-order valence-electron chi connectivity index (χ0n) is 18.5. The van der Waals surface area contributed by atoms with Gasteiger partial charge in [-0.3, -0.25) is 4.79 Å². The molecule has 1 amide bonds. The minimum atomic E-state index is -0.0611. The van der Waals surface area contributed by atoms with Crippen LogP contribution >= 0.6 is 0 Å². The number of carbonyl (C=O) groups excluding carboxylic acids is 1. The summed E-state index contributed by atoms with van der Waals surface area (Å²) in [5.74, 6) is 1.41. The number of ether oxygens (including phenoxy) is 2. The van der Waals surface area contributed by atoms with Crippen molar-refractivity contribution >= 4 is 6.41 Å². The molecule has 0 aliphatic heterocycles. The van der Waals surface area contributed by atoms with Crippen LogP contribution in [-0.2, 0) is 24.4 Å². The summed E-state index contributed by atoms with van der Waals surface area (Å²) in [5.41, 5.74) is 3.22. The van der Waals surface area contributed by atoms with Gasteiger partial charge < -0.3 is 14.8 Å². The highest BCUT2D eigenvalue weighted by molar-refractivity contribution is 5.48. The molecule has 1 atom stereocenters. The lowest BCUT2D eigenvalue weighted by atomic mass is 9.83. The van der Waals surface area contributed by atoms with Gasteiger partial charge in [0.15, 0.2) is 11.5 Å². The van der Waals surface area contributed by atoms with E-state index in [1.54, 1.807) is 0 Å². The van der Waals surface area contributed by atoms with E-state index in [-0.39, 0.29) is 11.5 Å². The van der Waals surface area contributed by atoms with E-state index in [0.717, 1.165) is 23.1 Å². The SMILES string of the molecule is CC(C)(C)C(Cc1ccc(OCc2ccccc2)c(OCc2ccccc2)c1)NC=O. The van der Waals surface area contributed by atoms with E-state index in [9.17, 15) is 4.79 Å². The summed E-state index contributed by atoms with van der Waals surface area (Å²) in [6.45, 7) is 7.30. The van der Waals surface area contributed by atoms with E-state index >= 15 is 0 Å². The van der Waals surface area contributed by atoms with Crippen molar-refractivity contribution in [2.24, 2.45) is 5.41 Å². The van der Waals surface area contributed by atoms with E-state index in [1.807, 2.05) is 78.9 Å². The van der Waals surface area contributed by atoms with Gasteiger partial charge in [-0.2, -0.15) is 0 Å². The van der Waals surface area contributed by atoms with Crippen molar-refractivity contribution in [3.63, 3.8) is 0 Å². The van der Waals surface area contributed by atoms with Crippen LogP contribution in [-0.4, -0.2) is 12.5 Å². The Bertz CT molecular complexity index is 949. The van der Waals surface area contributed by atoms with Gasteiger partial charge >= 0.3 is 0 Å². The third kappa shape index (κ3) is 6.88. The predicted molar refractivity (Wildman–Crippen MR) is 124 cm³/mol. The van der Waals surface area contributed by atoms with Crippen molar-refractivity contribution in [1.82, 2.24) is 5.32 Å². The zero-order valence-corrected chi connectivity index (χ0v) is 18.5. The number of benzene rings is 3. The van der Waals surface area contributed by atoms with Gasteiger partial charge in [-0.05, 0) is 40.7 Å². The van der Waals surface area contributed by atoms with Crippen molar-refractivity contribution < 1.29 is 14.3 Å². The molecule has 0 bridgehead atoms. The summed E-state index contributed by atoms with van der Waals surface area (Å²) in [4.78, 5) is 11.1. The van der Waals surface area contributed by atoms with E-state index < -0.39 is 0 Å². The van der Waals surface area contributed by atoms with Crippen LogP contribution in [0.15, 0.2) is 78.9 Å².